The molecule has 1 N–H and O–H groups in total. The number of thiazole rings is 1. The lowest BCUT2D eigenvalue weighted by Crippen LogP contribution is -2.23. The van der Waals surface area contributed by atoms with E-state index in [2.05, 4.69) is 21.4 Å². The lowest BCUT2D eigenvalue weighted by Gasteiger charge is -2.13. The third kappa shape index (κ3) is 3.02. The van der Waals surface area contributed by atoms with Crippen molar-refractivity contribution in [1.29, 1.82) is 0 Å². The first kappa shape index (κ1) is 17.4. The molecule has 8 heteroatoms. The average Bonchev–Trinajstić information content (AvgIpc) is 3.24. The Balaban J connectivity index is 1.84. The molecule has 0 aliphatic rings. The van der Waals surface area contributed by atoms with Gasteiger partial charge in [0.05, 0.1) is 19.5 Å². The molecule has 0 unspecified atom stereocenters. The van der Waals surface area contributed by atoms with E-state index in [4.69, 9.17) is 9.72 Å². The number of benzene rings is 1. The summed E-state index contributed by atoms with van der Waals surface area (Å²) in [4.78, 5) is 25.9. The predicted molar refractivity (Wildman–Crippen MR) is 106 cm³/mol. The van der Waals surface area contributed by atoms with Crippen LogP contribution in [0.5, 0.6) is 5.88 Å². The summed E-state index contributed by atoms with van der Waals surface area (Å²) in [7, 11) is 3.53. The van der Waals surface area contributed by atoms with Gasteiger partial charge in [-0.15, -0.1) is 0 Å². The smallest absolute Gasteiger partial charge is 0.243 e. The fourth-order valence-corrected chi connectivity index (χ4v) is 4.08. The Bertz CT molecular complexity index is 1160. The van der Waals surface area contributed by atoms with Crippen LogP contribution < -0.4 is 10.1 Å². The predicted octanol–water partition coefficient (Wildman–Crippen LogP) is 3.45. The van der Waals surface area contributed by atoms with Gasteiger partial charge < -0.3 is 14.6 Å². The highest BCUT2D eigenvalue weighted by Crippen LogP contribution is 2.36. The molecule has 1 amide bonds. The molecule has 0 spiro atoms. The molecule has 7 nitrogen and oxygen atoms in total. The molecule has 138 valence electrons. The van der Waals surface area contributed by atoms with Crippen LogP contribution in [0.4, 0.5) is 0 Å². The number of nitrogens with one attached hydrogen (secondary N) is 1. The summed E-state index contributed by atoms with van der Waals surface area (Å²) in [6.45, 7) is 3.48. The maximum Gasteiger partial charge on any atom is 0.243 e. The average molecular weight is 381 g/mol. The second-order valence-corrected chi connectivity index (χ2v) is 7.37. The zero-order valence-electron chi connectivity index (χ0n) is 15.5. The molecule has 27 heavy (non-hydrogen) atoms. The van der Waals surface area contributed by atoms with E-state index in [-0.39, 0.29) is 11.9 Å². The molecule has 0 bridgehead atoms. The maximum atomic E-state index is 11.3. The Hall–Kier alpha value is -3.00. The standard InChI is InChI=1S/C19H19N5O2S/c1-10(21-11(2)25)12-6-5-7-13(8-12)18-22-15-16-14(20-9-24(16)3)17(26-4)23-19(15)27-18/h5-10H,1-4H3,(H,21,25)/t10-/m0/s1. The van der Waals surface area contributed by atoms with Gasteiger partial charge in [0.25, 0.3) is 0 Å². The van der Waals surface area contributed by atoms with Crippen LogP contribution in [0.2, 0.25) is 0 Å². The van der Waals surface area contributed by atoms with E-state index < -0.39 is 0 Å². The van der Waals surface area contributed by atoms with Crippen LogP contribution in [-0.2, 0) is 11.8 Å². The first-order valence-corrected chi connectivity index (χ1v) is 9.32. The first-order valence-electron chi connectivity index (χ1n) is 8.51. The quantitative estimate of drug-likeness (QED) is 0.585. The normalized spacial score (nSPS) is 12.4. The summed E-state index contributed by atoms with van der Waals surface area (Å²) in [5, 5.41) is 3.78. The lowest BCUT2D eigenvalue weighted by atomic mass is 10.1. The number of amides is 1. The van der Waals surface area contributed by atoms with Crippen LogP contribution in [0.25, 0.3) is 32.0 Å². The van der Waals surface area contributed by atoms with Gasteiger partial charge in [0, 0.05) is 19.5 Å². The number of pyridine rings is 1. The molecule has 1 aromatic carbocycles. The minimum absolute atomic E-state index is 0.0530. The molecule has 0 aliphatic heterocycles. The number of aryl methyl sites for hydroxylation is 1. The summed E-state index contributed by atoms with van der Waals surface area (Å²) in [5.74, 6) is 0.448. The number of fused-ring (bicyclic) bond motifs is 3. The molecule has 0 radical (unpaired) electrons. The van der Waals surface area contributed by atoms with Crippen molar-refractivity contribution in [3.63, 3.8) is 0 Å². The van der Waals surface area contributed by atoms with Crippen molar-refractivity contribution < 1.29 is 9.53 Å². The van der Waals surface area contributed by atoms with Crippen LogP contribution in [-0.4, -0.2) is 32.5 Å². The number of methoxy groups -OCH3 is 1. The first-order chi connectivity index (χ1) is 13.0. The third-order valence-electron chi connectivity index (χ3n) is 4.42. The zero-order valence-corrected chi connectivity index (χ0v) is 16.3. The Morgan fingerprint density at radius 2 is 2.11 bits per heavy atom. The van der Waals surface area contributed by atoms with Crippen LogP contribution in [0, 0.1) is 0 Å². The minimum atomic E-state index is -0.0705. The highest BCUT2D eigenvalue weighted by molar-refractivity contribution is 7.21. The highest BCUT2D eigenvalue weighted by atomic mass is 32.1. The van der Waals surface area contributed by atoms with Crippen molar-refractivity contribution in [3.05, 3.63) is 36.2 Å². The van der Waals surface area contributed by atoms with Gasteiger partial charge in [-0.3, -0.25) is 4.79 Å². The van der Waals surface area contributed by atoms with Crippen LogP contribution in [0.3, 0.4) is 0 Å². The Labute approximate surface area is 160 Å². The van der Waals surface area contributed by atoms with Crippen molar-refractivity contribution in [2.45, 2.75) is 19.9 Å². The number of rotatable bonds is 4. The number of carbonyl (C=O) groups is 1. The summed E-state index contributed by atoms with van der Waals surface area (Å²) in [6, 6.07) is 7.97. The van der Waals surface area contributed by atoms with Crippen LogP contribution in [0.1, 0.15) is 25.5 Å². The SMILES string of the molecule is COc1nc2sc(-c3cccc([C@H](C)NC(C)=O)c3)nc2c2c1ncn2C. The largest absolute Gasteiger partial charge is 0.479 e. The van der Waals surface area contributed by atoms with Gasteiger partial charge in [-0.25, -0.2) is 9.97 Å². The number of hydrogen-bond donors (Lipinski definition) is 1. The van der Waals surface area contributed by atoms with Gasteiger partial charge in [-0.2, -0.15) is 4.98 Å². The number of ether oxygens (including phenoxy) is 1. The summed E-state index contributed by atoms with van der Waals surface area (Å²) in [6.07, 6.45) is 1.74. The summed E-state index contributed by atoms with van der Waals surface area (Å²) >= 11 is 1.51. The van der Waals surface area contributed by atoms with E-state index in [1.165, 1.54) is 18.3 Å². The van der Waals surface area contributed by atoms with Gasteiger partial charge in [-0.1, -0.05) is 29.5 Å². The van der Waals surface area contributed by atoms with Crippen molar-refractivity contribution in [2.75, 3.05) is 7.11 Å². The van der Waals surface area contributed by atoms with E-state index >= 15 is 0 Å². The second-order valence-electron chi connectivity index (χ2n) is 6.39. The van der Waals surface area contributed by atoms with Gasteiger partial charge in [0.2, 0.25) is 11.8 Å². The number of nitrogens with zero attached hydrogens (tertiary/aromatic N) is 4. The van der Waals surface area contributed by atoms with Crippen molar-refractivity contribution in [2.24, 2.45) is 7.05 Å². The molecule has 0 saturated carbocycles. The van der Waals surface area contributed by atoms with E-state index in [1.54, 1.807) is 13.4 Å². The molecule has 0 aliphatic carbocycles. The van der Waals surface area contributed by atoms with E-state index in [0.717, 1.165) is 32.0 Å². The fourth-order valence-electron chi connectivity index (χ4n) is 3.15. The zero-order chi connectivity index (χ0) is 19.1. The second kappa shape index (κ2) is 6.62. The Morgan fingerprint density at radius 1 is 1.30 bits per heavy atom. The maximum absolute atomic E-state index is 11.3. The molecule has 1 atom stereocenters. The number of carbonyl (C=O) groups excluding carboxylic acids is 1. The number of imidazole rings is 1. The topological polar surface area (TPSA) is 81.9 Å². The monoisotopic (exact) mass is 381 g/mol. The molecular formula is C19H19N5O2S. The van der Waals surface area contributed by atoms with Crippen molar-refractivity contribution >= 4 is 38.6 Å². The molecule has 0 saturated heterocycles. The fraction of sp³-hybridized carbons (Fsp3) is 0.263. The van der Waals surface area contributed by atoms with Gasteiger partial charge in [0.15, 0.2) is 5.52 Å². The molecule has 4 aromatic rings. The summed E-state index contributed by atoms with van der Waals surface area (Å²) in [5.41, 5.74) is 4.44. The molecule has 3 heterocycles. The van der Waals surface area contributed by atoms with E-state index in [9.17, 15) is 4.79 Å². The molecule has 4 rings (SSSR count). The molecule has 0 fully saturated rings. The van der Waals surface area contributed by atoms with E-state index in [0.29, 0.717) is 11.4 Å². The number of hydrogen-bond acceptors (Lipinski definition) is 6. The van der Waals surface area contributed by atoms with E-state index in [1.807, 2.05) is 36.7 Å². The molecular weight excluding hydrogens is 362 g/mol. The minimum Gasteiger partial charge on any atom is -0.479 e. The van der Waals surface area contributed by atoms with Crippen LogP contribution in [0.15, 0.2) is 30.6 Å². The van der Waals surface area contributed by atoms with Gasteiger partial charge in [0.1, 0.15) is 20.9 Å². The Kier molecular flexibility index (Phi) is 4.27. The molecule has 3 aromatic heterocycles. The Morgan fingerprint density at radius 3 is 2.85 bits per heavy atom. The summed E-state index contributed by atoms with van der Waals surface area (Å²) < 4.78 is 7.33. The van der Waals surface area contributed by atoms with Crippen molar-refractivity contribution in [3.8, 4) is 16.5 Å². The van der Waals surface area contributed by atoms with Gasteiger partial charge >= 0.3 is 0 Å². The van der Waals surface area contributed by atoms with Gasteiger partial charge in [-0.05, 0) is 18.6 Å². The number of aromatic nitrogens is 4. The highest BCUT2D eigenvalue weighted by Gasteiger charge is 2.18. The lowest BCUT2D eigenvalue weighted by molar-refractivity contribution is -0.119. The van der Waals surface area contributed by atoms with Crippen molar-refractivity contribution in [1.82, 2.24) is 24.8 Å². The van der Waals surface area contributed by atoms with Crippen LogP contribution >= 0.6 is 11.3 Å². The third-order valence-corrected chi connectivity index (χ3v) is 5.42.